The number of ether oxygens (including phenoxy) is 1. The SMILES string of the molecule is CCOC(=O)c1cnn(-c2nc3ncn(CCCN4C(=O)c5ccccc5C4=O)c3c(=O)[nH]2)c1. The lowest BCUT2D eigenvalue weighted by Crippen LogP contribution is -2.31. The molecule has 1 N–H and O–H groups in total. The number of carbonyl (C=O) groups excluding carboxylic acids is 3. The molecule has 0 fully saturated rings. The molecule has 1 aromatic carbocycles. The zero-order valence-corrected chi connectivity index (χ0v) is 18.1. The quantitative estimate of drug-likeness (QED) is 0.319. The number of esters is 1. The Morgan fingerprint density at radius 1 is 1.09 bits per heavy atom. The Bertz CT molecular complexity index is 1460. The molecular formula is C22H19N7O5. The van der Waals surface area contributed by atoms with Crippen LogP contribution in [0.2, 0.25) is 0 Å². The highest BCUT2D eigenvalue weighted by molar-refractivity contribution is 6.21. The number of aromatic nitrogens is 6. The van der Waals surface area contributed by atoms with E-state index in [1.807, 2.05) is 0 Å². The van der Waals surface area contributed by atoms with Crippen molar-refractivity contribution in [3.8, 4) is 5.95 Å². The number of aryl methyl sites for hydroxylation is 1. The number of hydrogen-bond acceptors (Lipinski definition) is 8. The zero-order valence-electron chi connectivity index (χ0n) is 18.1. The van der Waals surface area contributed by atoms with E-state index in [2.05, 4.69) is 20.1 Å². The van der Waals surface area contributed by atoms with Gasteiger partial charge in [0.05, 0.1) is 35.8 Å². The molecule has 0 saturated heterocycles. The Morgan fingerprint density at radius 3 is 2.53 bits per heavy atom. The lowest BCUT2D eigenvalue weighted by Gasteiger charge is -2.13. The standard InChI is InChI=1S/C22H19N7O5/c1-2-34-21(33)13-10-24-29(11-13)22-25-17-16(18(30)26-22)27(12-23-17)8-5-9-28-19(31)14-6-3-4-7-15(14)20(28)32/h3-4,6-7,10-12H,2,5,8-9H2,1H3,(H,25,26,30). The van der Waals surface area contributed by atoms with Crippen LogP contribution in [0.25, 0.3) is 17.1 Å². The van der Waals surface area contributed by atoms with Crippen molar-refractivity contribution < 1.29 is 19.1 Å². The van der Waals surface area contributed by atoms with Crippen LogP contribution in [-0.4, -0.2) is 65.1 Å². The summed E-state index contributed by atoms with van der Waals surface area (Å²) < 4.78 is 7.81. The summed E-state index contributed by atoms with van der Waals surface area (Å²) in [6.45, 7) is 2.49. The molecule has 5 rings (SSSR count). The van der Waals surface area contributed by atoms with Gasteiger partial charge in [-0.1, -0.05) is 12.1 Å². The molecule has 4 heterocycles. The van der Waals surface area contributed by atoms with Crippen LogP contribution < -0.4 is 5.56 Å². The molecule has 1 aliphatic rings. The van der Waals surface area contributed by atoms with Crippen molar-refractivity contribution in [1.82, 2.24) is 34.2 Å². The maximum absolute atomic E-state index is 12.8. The minimum absolute atomic E-state index is 0.101. The zero-order chi connectivity index (χ0) is 23.8. The summed E-state index contributed by atoms with van der Waals surface area (Å²) >= 11 is 0. The van der Waals surface area contributed by atoms with Crippen LogP contribution in [0.4, 0.5) is 0 Å². The van der Waals surface area contributed by atoms with Gasteiger partial charge in [-0.25, -0.2) is 14.5 Å². The molecule has 3 aromatic heterocycles. The molecule has 2 amide bonds. The second kappa shape index (κ2) is 8.39. The number of benzene rings is 1. The Hall–Kier alpha value is -4.61. The largest absolute Gasteiger partial charge is 0.462 e. The fraction of sp³-hybridized carbons (Fsp3) is 0.227. The van der Waals surface area contributed by atoms with Gasteiger partial charge >= 0.3 is 5.97 Å². The number of fused-ring (bicyclic) bond motifs is 2. The Kier molecular flexibility index (Phi) is 5.24. The number of aromatic amines is 1. The summed E-state index contributed by atoms with van der Waals surface area (Å²) in [5, 5.41) is 4.05. The molecule has 1 aliphatic heterocycles. The first-order chi connectivity index (χ1) is 16.5. The minimum atomic E-state index is -0.528. The molecule has 0 atom stereocenters. The van der Waals surface area contributed by atoms with E-state index in [1.165, 1.54) is 28.3 Å². The lowest BCUT2D eigenvalue weighted by molar-refractivity contribution is 0.0525. The van der Waals surface area contributed by atoms with Crippen LogP contribution in [0.5, 0.6) is 0 Å². The van der Waals surface area contributed by atoms with Gasteiger partial charge in [-0.05, 0) is 25.5 Å². The van der Waals surface area contributed by atoms with Crippen molar-refractivity contribution in [2.45, 2.75) is 19.9 Å². The van der Waals surface area contributed by atoms with Gasteiger partial charge < -0.3 is 9.30 Å². The number of H-pyrrole nitrogens is 1. The van der Waals surface area contributed by atoms with E-state index in [0.29, 0.717) is 24.1 Å². The van der Waals surface area contributed by atoms with Gasteiger partial charge in [-0.3, -0.25) is 24.3 Å². The Morgan fingerprint density at radius 2 is 1.82 bits per heavy atom. The maximum Gasteiger partial charge on any atom is 0.341 e. The van der Waals surface area contributed by atoms with Crippen molar-refractivity contribution in [1.29, 1.82) is 0 Å². The number of hydrogen-bond donors (Lipinski definition) is 1. The topological polar surface area (TPSA) is 145 Å². The summed E-state index contributed by atoms with van der Waals surface area (Å²) in [5.74, 6) is -1.06. The number of amides is 2. The van der Waals surface area contributed by atoms with Crippen molar-refractivity contribution in [3.63, 3.8) is 0 Å². The number of imidazole rings is 1. The minimum Gasteiger partial charge on any atom is -0.462 e. The molecule has 0 aliphatic carbocycles. The molecule has 4 aromatic rings. The predicted molar refractivity (Wildman–Crippen MR) is 118 cm³/mol. The molecule has 12 heteroatoms. The lowest BCUT2D eigenvalue weighted by atomic mass is 10.1. The van der Waals surface area contributed by atoms with Crippen molar-refractivity contribution >= 4 is 28.9 Å². The highest BCUT2D eigenvalue weighted by Crippen LogP contribution is 2.22. The predicted octanol–water partition coefficient (Wildman–Crippen LogP) is 1.17. The van der Waals surface area contributed by atoms with Gasteiger partial charge in [0.25, 0.3) is 17.4 Å². The van der Waals surface area contributed by atoms with E-state index >= 15 is 0 Å². The van der Waals surface area contributed by atoms with E-state index in [4.69, 9.17) is 4.74 Å². The molecule has 172 valence electrons. The summed E-state index contributed by atoms with van der Waals surface area (Å²) in [7, 11) is 0. The third-order valence-electron chi connectivity index (χ3n) is 5.44. The van der Waals surface area contributed by atoms with E-state index < -0.39 is 11.5 Å². The van der Waals surface area contributed by atoms with E-state index in [0.717, 1.165) is 0 Å². The van der Waals surface area contributed by atoms with Gasteiger partial charge in [-0.15, -0.1) is 0 Å². The smallest absolute Gasteiger partial charge is 0.341 e. The molecule has 12 nitrogen and oxygen atoms in total. The summed E-state index contributed by atoms with van der Waals surface area (Å²) in [6.07, 6.45) is 4.63. The van der Waals surface area contributed by atoms with E-state index in [1.54, 1.807) is 35.8 Å². The summed E-state index contributed by atoms with van der Waals surface area (Å²) in [6, 6.07) is 6.72. The monoisotopic (exact) mass is 461 g/mol. The Labute approximate surface area is 191 Å². The molecular weight excluding hydrogens is 442 g/mol. The van der Waals surface area contributed by atoms with Gasteiger partial charge in [0.1, 0.15) is 0 Å². The van der Waals surface area contributed by atoms with Crippen LogP contribution in [-0.2, 0) is 11.3 Å². The first-order valence-corrected chi connectivity index (χ1v) is 10.6. The molecule has 0 bridgehead atoms. The van der Waals surface area contributed by atoms with Gasteiger partial charge in [0.2, 0.25) is 5.95 Å². The van der Waals surface area contributed by atoms with Gasteiger partial charge in [0.15, 0.2) is 11.2 Å². The fourth-order valence-electron chi connectivity index (χ4n) is 3.85. The molecule has 34 heavy (non-hydrogen) atoms. The number of imide groups is 1. The molecule has 0 saturated carbocycles. The average molecular weight is 461 g/mol. The van der Waals surface area contributed by atoms with Crippen LogP contribution in [0.15, 0.2) is 47.8 Å². The van der Waals surface area contributed by atoms with Crippen LogP contribution in [0.1, 0.15) is 44.4 Å². The van der Waals surface area contributed by atoms with E-state index in [-0.39, 0.29) is 47.6 Å². The third-order valence-corrected chi connectivity index (χ3v) is 5.44. The Balaban J connectivity index is 1.31. The highest BCUT2D eigenvalue weighted by atomic mass is 16.5. The highest BCUT2D eigenvalue weighted by Gasteiger charge is 2.34. The average Bonchev–Trinajstić information content (AvgIpc) is 3.54. The number of carbonyl (C=O) groups is 3. The molecule has 0 spiro atoms. The first kappa shape index (κ1) is 21.2. The van der Waals surface area contributed by atoms with Crippen molar-refractivity contribution in [2.24, 2.45) is 0 Å². The third kappa shape index (κ3) is 3.54. The molecule has 0 unspecified atom stereocenters. The van der Waals surface area contributed by atoms with Gasteiger partial charge in [0, 0.05) is 19.3 Å². The number of nitrogens with one attached hydrogen (secondary N) is 1. The second-order valence-electron chi connectivity index (χ2n) is 7.55. The van der Waals surface area contributed by atoms with Gasteiger partial charge in [-0.2, -0.15) is 10.1 Å². The van der Waals surface area contributed by atoms with Crippen LogP contribution in [0, 0.1) is 0 Å². The van der Waals surface area contributed by atoms with Crippen molar-refractivity contribution in [2.75, 3.05) is 13.2 Å². The fourth-order valence-corrected chi connectivity index (χ4v) is 3.85. The summed E-state index contributed by atoms with van der Waals surface area (Å²) in [4.78, 5) is 62.0. The van der Waals surface area contributed by atoms with Crippen LogP contribution >= 0.6 is 0 Å². The second-order valence-corrected chi connectivity index (χ2v) is 7.55. The maximum atomic E-state index is 12.8. The molecule has 0 radical (unpaired) electrons. The number of rotatable bonds is 7. The summed E-state index contributed by atoms with van der Waals surface area (Å²) in [5.41, 5.74) is 1.04. The normalized spacial score (nSPS) is 13.0. The first-order valence-electron chi connectivity index (χ1n) is 10.6. The number of nitrogens with zero attached hydrogens (tertiary/aromatic N) is 6. The van der Waals surface area contributed by atoms with Crippen molar-refractivity contribution in [3.05, 3.63) is 70.0 Å². The van der Waals surface area contributed by atoms with E-state index in [9.17, 15) is 19.2 Å². The van der Waals surface area contributed by atoms with Crippen LogP contribution in [0.3, 0.4) is 0 Å².